The van der Waals surface area contributed by atoms with Gasteiger partial charge in [-0.1, -0.05) is 12.1 Å². The second-order valence-electron chi connectivity index (χ2n) is 4.45. The highest BCUT2D eigenvalue weighted by molar-refractivity contribution is 5.96. The van der Waals surface area contributed by atoms with Crippen LogP contribution in [0.4, 0.5) is 5.69 Å². The van der Waals surface area contributed by atoms with E-state index in [-0.39, 0.29) is 12.5 Å². The van der Waals surface area contributed by atoms with E-state index in [1.807, 2.05) is 6.07 Å². The molecule has 19 heavy (non-hydrogen) atoms. The summed E-state index contributed by atoms with van der Waals surface area (Å²) in [5, 5.41) is 10.1. The third-order valence-electron chi connectivity index (χ3n) is 3.32. The van der Waals surface area contributed by atoms with Crippen molar-refractivity contribution >= 4 is 17.6 Å². The summed E-state index contributed by atoms with van der Waals surface area (Å²) >= 11 is 0. The summed E-state index contributed by atoms with van der Waals surface area (Å²) in [6, 6.07) is 5.24. The molecule has 0 saturated heterocycles. The van der Waals surface area contributed by atoms with Crippen molar-refractivity contribution in [2.75, 3.05) is 18.6 Å². The van der Waals surface area contributed by atoms with Gasteiger partial charge in [-0.15, -0.1) is 0 Å². The van der Waals surface area contributed by atoms with E-state index in [0.717, 1.165) is 11.3 Å². The van der Waals surface area contributed by atoms with Gasteiger partial charge in [0.2, 0.25) is 5.91 Å². The van der Waals surface area contributed by atoms with E-state index in [4.69, 9.17) is 4.74 Å². The smallest absolute Gasteiger partial charge is 0.339 e. The first kappa shape index (κ1) is 13.5. The molecule has 0 spiro atoms. The van der Waals surface area contributed by atoms with Crippen molar-refractivity contribution in [2.45, 2.75) is 25.9 Å². The van der Waals surface area contributed by atoms with Crippen molar-refractivity contribution in [3.63, 3.8) is 0 Å². The molecule has 0 saturated carbocycles. The zero-order valence-electron chi connectivity index (χ0n) is 11.0. The van der Waals surface area contributed by atoms with E-state index >= 15 is 0 Å². The number of nitrogens with zero attached hydrogens (tertiary/aromatic N) is 1. The number of aliphatic hydroxyl groups is 1. The molecule has 1 aliphatic rings. The maximum atomic E-state index is 11.6. The van der Waals surface area contributed by atoms with Crippen LogP contribution < -0.4 is 4.90 Å². The van der Waals surface area contributed by atoms with Gasteiger partial charge in [-0.05, 0) is 30.5 Å². The molecule has 0 radical (unpaired) electrons. The van der Waals surface area contributed by atoms with Crippen LogP contribution in [-0.2, 0) is 20.7 Å². The number of hydrogen-bond acceptors (Lipinski definition) is 4. The fourth-order valence-electron chi connectivity index (χ4n) is 2.32. The van der Waals surface area contributed by atoms with Gasteiger partial charge in [-0.25, -0.2) is 4.79 Å². The van der Waals surface area contributed by atoms with Crippen molar-refractivity contribution in [2.24, 2.45) is 0 Å². The summed E-state index contributed by atoms with van der Waals surface area (Å²) in [5.41, 5.74) is 2.11. The fourth-order valence-corrected chi connectivity index (χ4v) is 2.32. The minimum atomic E-state index is -1.29. The molecule has 0 aliphatic carbocycles. The van der Waals surface area contributed by atoms with E-state index in [0.29, 0.717) is 18.4 Å². The highest BCUT2D eigenvalue weighted by Crippen LogP contribution is 2.32. The van der Waals surface area contributed by atoms with E-state index < -0.39 is 12.1 Å². The topological polar surface area (TPSA) is 66.8 Å². The second-order valence-corrected chi connectivity index (χ2v) is 4.45. The van der Waals surface area contributed by atoms with Gasteiger partial charge in [0.05, 0.1) is 6.61 Å². The lowest BCUT2D eigenvalue weighted by Gasteiger charge is -2.28. The van der Waals surface area contributed by atoms with Gasteiger partial charge in [-0.2, -0.15) is 0 Å². The Morgan fingerprint density at radius 3 is 2.89 bits per heavy atom. The van der Waals surface area contributed by atoms with Gasteiger partial charge < -0.3 is 14.7 Å². The number of ether oxygens (including phenoxy) is 1. The summed E-state index contributed by atoms with van der Waals surface area (Å²) in [6.45, 7) is 1.92. The maximum absolute atomic E-state index is 11.6. The number of hydrogen-bond donors (Lipinski definition) is 1. The molecule has 1 atom stereocenters. The lowest BCUT2D eigenvalue weighted by molar-refractivity contribution is -0.153. The molecule has 1 aliphatic heterocycles. The van der Waals surface area contributed by atoms with E-state index in [1.165, 1.54) is 0 Å². The van der Waals surface area contributed by atoms with E-state index in [2.05, 4.69) is 0 Å². The Labute approximate surface area is 111 Å². The molecule has 5 nitrogen and oxygen atoms in total. The Balaban J connectivity index is 2.38. The average molecular weight is 263 g/mol. The Morgan fingerprint density at radius 1 is 1.47 bits per heavy atom. The highest BCUT2D eigenvalue weighted by atomic mass is 16.5. The van der Waals surface area contributed by atoms with Crippen LogP contribution in [0.3, 0.4) is 0 Å². The van der Waals surface area contributed by atoms with Crippen LogP contribution in [0.1, 0.15) is 30.6 Å². The largest absolute Gasteiger partial charge is 0.464 e. The van der Waals surface area contributed by atoms with Crippen molar-refractivity contribution in [1.82, 2.24) is 0 Å². The first-order valence-electron chi connectivity index (χ1n) is 6.29. The van der Waals surface area contributed by atoms with Crippen molar-refractivity contribution < 1.29 is 19.4 Å². The number of aliphatic hydroxyl groups excluding tert-OH is 1. The van der Waals surface area contributed by atoms with Gasteiger partial charge in [-0.3, -0.25) is 4.79 Å². The summed E-state index contributed by atoms with van der Waals surface area (Å²) in [4.78, 5) is 24.8. The maximum Gasteiger partial charge on any atom is 0.339 e. The summed E-state index contributed by atoms with van der Waals surface area (Å²) < 4.78 is 4.83. The molecule has 2 rings (SSSR count). The molecule has 1 heterocycles. The number of esters is 1. The zero-order valence-corrected chi connectivity index (χ0v) is 11.0. The standard InChI is InChI=1S/C14H17NO4/c1-3-19-14(18)13(17)10-5-4-6-11-9(10)7-8-12(16)15(11)2/h4-6,13,17H,3,7-8H2,1-2H3. The minimum absolute atomic E-state index is 0.0373. The fraction of sp³-hybridized carbons (Fsp3) is 0.429. The SMILES string of the molecule is CCOC(=O)C(O)c1cccc2c1CCC(=O)N2C. The summed E-state index contributed by atoms with van der Waals surface area (Å²) in [5.74, 6) is -0.620. The van der Waals surface area contributed by atoms with Crippen LogP contribution in [0.5, 0.6) is 0 Å². The first-order valence-corrected chi connectivity index (χ1v) is 6.29. The van der Waals surface area contributed by atoms with Crippen molar-refractivity contribution in [1.29, 1.82) is 0 Å². The Morgan fingerprint density at radius 2 is 2.21 bits per heavy atom. The summed E-state index contributed by atoms with van der Waals surface area (Å²) in [7, 11) is 1.70. The molecule has 0 aromatic heterocycles. The Kier molecular flexibility index (Phi) is 3.85. The number of rotatable bonds is 3. The van der Waals surface area contributed by atoms with E-state index in [9.17, 15) is 14.7 Å². The first-order chi connectivity index (χ1) is 9.06. The molecule has 1 unspecified atom stereocenters. The molecule has 0 bridgehead atoms. The van der Waals surface area contributed by atoms with Gasteiger partial charge in [0.25, 0.3) is 0 Å². The summed E-state index contributed by atoms with van der Waals surface area (Å²) in [6.07, 6.45) is -0.377. The monoisotopic (exact) mass is 263 g/mol. The van der Waals surface area contributed by atoms with Crippen LogP contribution in [0, 0.1) is 0 Å². The lowest BCUT2D eigenvalue weighted by atomic mass is 9.93. The number of carbonyl (C=O) groups is 2. The average Bonchev–Trinajstić information content (AvgIpc) is 2.42. The molecule has 1 aromatic rings. The molecule has 5 heteroatoms. The Hall–Kier alpha value is -1.88. The molecular weight excluding hydrogens is 246 g/mol. The van der Waals surface area contributed by atoms with Gasteiger partial charge in [0.1, 0.15) is 0 Å². The predicted molar refractivity (Wildman–Crippen MR) is 69.8 cm³/mol. The van der Waals surface area contributed by atoms with Crippen LogP contribution in [0.2, 0.25) is 0 Å². The Bertz CT molecular complexity index is 512. The zero-order chi connectivity index (χ0) is 14.0. The molecule has 1 aromatic carbocycles. The molecule has 0 fully saturated rings. The number of fused-ring (bicyclic) bond motifs is 1. The van der Waals surface area contributed by atoms with Crippen LogP contribution in [0.25, 0.3) is 0 Å². The molecule has 1 N–H and O–H groups in total. The number of carbonyl (C=O) groups excluding carboxylic acids is 2. The predicted octanol–water partition coefficient (Wildman–Crippen LogP) is 1.19. The quantitative estimate of drug-likeness (QED) is 0.832. The highest BCUT2D eigenvalue weighted by Gasteiger charge is 2.28. The third-order valence-corrected chi connectivity index (χ3v) is 3.32. The van der Waals surface area contributed by atoms with Crippen LogP contribution in [0.15, 0.2) is 18.2 Å². The van der Waals surface area contributed by atoms with Gasteiger partial charge in [0.15, 0.2) is 6.10 Å². The molecule has 1 amide bonds. The van der Waals surface area contributed by atoms with Crippen molar-refractivity contribution in [3.8, 4) is 0 Å². The van der Waals surface area contributed by atoms with Gasteiger partial charge in [0, 0.05) is 19.2 Å². The normalized spacial score (nSPS) is 15.9. The number of amides is 1. The third kappa shape index (κ3) is 2.46. The van der Waals surface area contributed by atoms with Crippen LogP contribution >= 0.6 is 0 Å². The number of anilines is 1. The number of benzene rings is 1. The minimum Gasteiger partial charge on any atom is -0.464 e. The molecular formula is C14H17NO4. The van der Waals surface area contributed by atoms with Gasteiger partial charge >= 0.3 is 5.97 Å². The van der Waals surface area contributed by atoms with E-state index in [1.54, 1.807) is 31.0 Å². The van der Waals surface area contributed by atoms with Crippen LogP contribution in [-0.4, -0.2) is 30.6 Å². The van der Waals surface area contributed by atoms with Crippen molar-refractivity contribution in [3.05, 3.63) is 29.3 Å². The second kappa shape index (κ2) is 5.40. The molecule has 102 valence electrons. The lowest BCUT2D eigenvalue weighted by Crippen LogP contribution is -2.32.